The number of aliphatic hydroxyl groups excluding tert-OH is 2. The number of nitrogens with one attached hydrogen (secondary N) is 2. The van der Waals surface area contributed by atoms with Gasteiger partial charge in [0.2, 0.25) is 0 Å². The van der Waals surface area contributed by atoms with Gasteiger partial charge in [-0.15, -0.1) is 0 Å². The van der Waals surface area contributed by atoms with Crippen molar-refractivity contribution in [1.29, 1.82) is 0 Å². The Morgan fingerprint density at radius 3 is 1.18 bits per heavy atom. The molecule has 0 amide bonds. The van der Waals surface area contributed by atoms with Gasteiger partial charge >= 0.3 is 0 Å². The van der Waals surface area contributed by atoms with Crippen LogP contribution in [0.25, 0.3) is 0 Å². The first-order chi connectivity index (χ1) is 26.0. The molecule has 0 aromatic heterocycles. The van der Waals surface area contributed by atoms with Crippen molar-refractivity contribution in [2.75, 3.05) is 52.6 Å². The van der Waals surface area contributed by atoms with E-state index < -0.39 is 60.1 Å². The molecule has 6 aliphatic rings. The molecule has 0 radical (unpaired) electrons. The zero-order valence-corrected chi connectivity index (χ0v) is 34.3. The van der Waals surface area contributed by atoms with Crippen LogP contribution in [0.4, 0.5) is 0 Å². The third kappa shape index (κ3) is 12.2. The van der Waals surface area contributed by atoms with Gasteiger partial charge in [-0.25, -0.2) is 0 Å². The van der Waals surface area contributed by atoms with Crippen LogP contribution < -0.4 is 10.6 Å². The van der Waals surface area contributed by atoms with Crippen molar-refractivity contribution < 1.29 is 67.1 Å². The molecule has 4 N–H and O–H groups in total. The minimum Gasteiger partial charge on any atom is -0.389 e. The molecule has 6 heterocycles. The third-order valence-electron chi connectivity index (χ3n) is 10.7. The fourth-order valence-electron chi connectivity index (χ4n) is 8.33. The molecule has 6 saturated heterocycles. The summed E-state index contributed by atoms with van der Waals surface area (Å²) in [5, 5.41) is 27.6. The van der Waals surface area contributed by atoms with Gasteiger partial charge in [0.1, 0.15) is 48.8 Å². The van der Waals surface area contributed by atoms with E-state index in [0.717, 1.165) is 38.8 Å². The van der Waals surface area contributed by atoms with Crippen LogP contribution in [0.15, 0.2) is 0 Å². The monoisotopic (exact) mass is 790 g/mol. The molecular weight excluding hydrogens is 720 g/mol. The van der Waals surface area contributed by atoms with E-state index in [1.807, 2.05) is 55.4 Å². The summed E-state index contributed by atoms with van der Waals surface area (Å²) in [5.41, 5.74) is 0. The molecule has 6 rings (SSSR count). The van der Waals surface area contributed by atoms with E-state index >= 15 is 0 Å². The summed E-state index contributed by atoms with van der Waals surface area (Å²) in [7, 11) is 0. The molecule has 55 heavy (non-hydrogen) atoms. The second-order valence-electron chi connectivity index (χ2n) is 17.7. The van der Waals surface area contributed by atoms with E-state index in [1.54, 1.807) is 0 Å². The number of ether oxygens (including phenoxy) is 12. The third-order valence-corrected chi connectivity index (χ3v) is 10.7. The molecule has 16 heteroatoms. The normalized spacial score (nSPS) is 37.6. The van der Waals surface area contributed by atoms with Gasteiger partial charge in [0, 0.05) is 13.1 Å². The minimum atomic E-state index is -0.764. The molecule has 0 aromatic carbocycles. The summed E-state index contributed by atoms with van der Waals surface area (Å²) in [6, 6.07) is 0. The minimum absolute atomic E-state index is 0.195. The lowest BCUT2D eigenvalue weighted by Crippen LogP contribution is -2.56. The van der Waals surface area contributed by atoms with Gasteiger partial charge in [-0.05, 0) is 81.3 Å². The SMILES string of the molecule is CC1(C)O[C@H]2OC(COCC(O)CNCCCCCCCCCNCC(O)COCC3O[C@@H]4OC(C)(C)O[C@@H]4[C@H]4OC(C)(C)O[C@@H]34)[C@@H]3OC(C)(C)O[C@@H]3[C@H]2O1. The standard InChI is InChI=1S/C39H70N2O14/c1-36(2)48-28-26(46-34-32(30(28)50-36)52-38(5,6)54-34)22-44-20-24(42)18-40-16-14-12-10-9-11-13-15-17-41-19-25(43)21-45-23-27-29-31(51-37(3,4)49-29)33-35(47-27)55-39(7,8)53-33/h24-35,40-43H,9-23H2,1-8H3/t24?,25?,26?,27?,28-,29-,30-,31-,32+,33+,34+,35+/m0/s1. The van der Waals surface area contributed by atoms with Gasteiger partial charge in [0.15, 0.2) is 35.7 Å². The Labute approximate surface area is 327 Å². The Kier molecular flexibility index (Phi) is 15.0. The quantitative estimate of drug-likeness (QED) is 0.118. The van der Waals surface area contributed by atoms with Crippen molar-refractivity contribution in [3.63, 3.8) is 0 Å². The van der Waals surface area contributed by atoms with Gasteiger partial charge in [-0.1, -0.05) is 32.1 Å². The summed E-state index contributed by atoms with van der Waals surface area (Å²) in [6.45, 7) is 18.5. The fraction of sp³-hybridized carbons (Fsp3) is 1.00. The summed E-state index contributed by atoms with van der Waals surface area (Å²) in [6.07, 6.45) is 2.81. The van der Waals surface area contributed by atoms with Crippen LogP contribution in [0.1, 0.15) is 100 Å². The van der Waals surface area contributed by atoms with Crippen LogP contribution in [0.2, 0.25) is 0 Å². The van der Waals surface area contributed by atoms with Crippen LogP contribution in [0.3, 0.4) is 0 Å². The smallest absolute Gasteiger partial charge is 0.190 e. The van der Waals surface area contributed by atoms with Crippen molar-refractivity contribution in [2.24, 2.45) is 0 Å². The highest BCUT2D eigenvalue weighted by atomic mass is 16.9. The Morgan fingerprint density at radius 2 is 0.782 bits per heavy atom. The van der Waals surface area contributed by atoms with Crippen LogP contribution >= 0.6 is 0 Å². The number of unbranched alkanes of at least 4 members (excludes halogenated alkanes) is 6. The maximum atomic E-state index is 10.5. The molecule has 0 saturated carbocycles. The van der Waals surface area contributed by atoms with E-state index in [2.05, 4.69) is 10.6 Å². The van der Waals surface area contributed by atoms with Gasteiger partial charge in [-0.2, -0.15) is 0 Å². The first kappa shape index (κ1) is 43.9. The number of aliphatic hydroxyl groups is 2. The van der Waals surface area contributed by atoms with E-state index in [0.29, 0.717) is 13.1 Å². The van der Waals surface area contributed by atoms with Gasteiger partial charge in [0.05, 0.1) is 38.6 Å². The van der Waals surface area contributed by atoms with Crippen LogP contribution in [0.5, 0.6) is 0 Å². The van der Waals surface area contributed by atoms with Crippen molar-refractivity contribution in [2.45, 2.75) is 197 Å². The molecule has 320 valence electrons. The van der Waals surface area contributed by atoms with Crippen molar-refractivity contribution in [3.05, 3.63) is 0 Å². The second-order valence-corrected chi connectivity index (χ2v) is 17.7. The molecule has 0 aliphatic carbocycles. The zero-order valence-electron chi connectivity index (χ0n) is 34.3. The van der Waals surface area contributed by atoms with E-state index in [-0.39, 0.29) is 63.1 Å². The van der Waals surface area contributed by atoms with Gasteiger partial charge < -0.3 is 77.7 Å². The van der Waals surface area contributed by atoms with Crippen molar-refractivity contribution in [1.82, 2.24) is 10.6 Å². The van der Waals surface area contributed by atoms with Crippen LogP contribution in [-0.4, -0.2) is 160 Å². The Balaban J connectivity index is 0.722. The first-order valence-corrected chi connectivity index (χ1v) is 20.7. The lowest BCUT2D eigenvalue weighted by molar-refractivity contribution is -0.244. The average Bonchev–Trinajstić information content (AvgIpc) is 3.80. The lowest BCUT2D eigenvalue weighted by atomic mass is 9.99. The second kappa shape index (κ2) is 18.7. The van der Waals surface area contributed by atoms with Gasteiger partial charge in [-0.3, -0.25) is 0 Å². The first-order valence-electron chi connectivity index (χ1n) is 20.7. The highest BCUT2D eigenvalue weighted by Gasteiger charge is 2.62. The van der Waals surface area contributed by atoms with E-state index in [1.165, 1.54) is 19.3 Å². The Morgan fingerprint density at radius 1 is 0.455 bits per heavy atom. The molecule has 4 unspecified atom stereocenters. The predicted octanol–water partition coefficient (Wildman–Crippen LogP) is 2.44. The van der Waals surface area contributed by atoms with Crippen molar-refractivity contribution >= 4 is 0 Å². The lowest BCUT2D eigenvalue weighted by Gasteiger charge is -2.37. The summed E-state index contributed by atoms with van der Waals surface area (Å²) in [4.78, 5) is 0. The molecule has 6 fully saturated rings. The zero-order chi connectivity index (χ0) is 39.4. The Hall–Kier alpha value is -0.640. The maximum absolute atomic E-state index is 10.5. The summed E-state index contributed by atoms with van der Waals surface area (Å²) < 4.78 is 72.6. The molecule has 6 aliphatic heterocycles. The summed E-state index contributed by atoms with van der Waals surface area (Å²) >= 11 is 0. The number of rotatable bonds is 22. The highest BCUT2D eigenvalue weighted by Crippen LogP contribution is 2.45. The fourth-order valence-corrected chi connectivity index (χ4v) is 8.33. The molecule has 0 bridgehead atoms. The topological polar surface area (TPSA) is 175 Å². The average molecular weight is 791 g/mol. The van der Waals surface area contributed by atoms with Gasteiger partial charge in [0.25, 0.3) is 0 Å². The van der Waals surface area contributed by atoms with Crippen molar-refractivity contribution in [3.8, 4) is 0 Å². The Bertz CT molecular complexity index is 1110. The van der Waals surface area contributed by atoms with E-state index in [9.17, 15) is 10.2 Å². The summed E-state index contributed by atoms with van der Waals surface area (Å²) in [5.74, 6) is -3.04. The molecular formula is C39H70N2O14. The van der Waals surface area contributed by atoms with Crippen LogP contribution in [-0.2, 0) is 56.8 Å². The predicted molar refractivity (Wildman–Crippen MR) is 197 cm³/mol. The maximum Gasteiger partial charge on any atom is 0.190 e. The largest absolute Gasteiger partial charge is 0.389 e. The van der Waals surface area contributed by atoms with Crippen LogP contribution in [0, 0.1) is 0 Å². The molecule has 12 atom stereocenters. The van der Waals surface area contributed by atoms with E-state index in [4.69, 9.17) is 56.8 Å². The number of hydrogen-bond acceptors (Lipinski definition) is 16. The highest BCUT2D eigenvalue weighted by molar-refractivity contribution is 5.01. The molecule has 0 spiro atoms. The molecule has 16 nitrogen and oxygen atoms in total. The number of hydrogen-bond donors (Lipinski definition) is 4. The molecule has 0 aromatic rings. The number of fused-ring (bicyclic) bond motifs is 6.